The number of hydrogen-bond acceptors (Lipinski definition) is 6. The minimum atomic E-state index is -3.58. The van der Waals surface area contributed by atoms with Crippen LogP contribution in [-0.2, 0) is 19.9 Å². The van der Waals surface area contributed by atoms with Crippen molar-refractivity contribution >= 4 is 32.3 Å². The Hall–Kier alpha value is -0.870. The quantitative estimate of drug-likeness (QED) is 0.650. The number of nitrogens with one attached hydrogen (secondary N) is 2. The molecule has 1 aromatic carbocycles. The van der Waals surface area contributed by atoms with Gasteiger partial charge in [0.2, 0.25) is 10.0 Å². The molecular formula is C16H27ClN2O5S2. The van der Waals surface area contributed by atoms with Crippen molar-refractivity contribution in [3.05, 3.63) is 24.3 Å². The van der Waals surface area contributed by atoms with Gasteiger partial charge in [0.25, 0.3) is 0 Å². The molecule has 1 fully saturated rings. The van der Waals surface area contributed by atoms with Crippen molar-refractivity contribution in [2.45, 2.75) is 43.7 Å². The van der Waals surface area contributed by atoms with Gasteiger partial charge in [0.1, 0.15) is 12.4 Å². The maximum Gasteiger partial charge on any atom is 0.240 e. The van der Waals surface area contributed by atoms with E-state index in [-0.39, 0.29) is 47.5 Å². The van der Waals surface area contributed by atoms with Crippen molar-refractivity contribution < 1.29 is 21.6 Å². The van der Waals surface area contributed by atoms with Crippen LogP contribution in [0.25, 0.3) is 0 Å². The lowest BCUT2D eigenvalue weighted by molar-refractivity contribution is 0.340. The van der Waals surface area contributed by atoms with E-state index in [1.807, 2.05) is 6.92 Å². The standard InChI is InChI=1S/C16H26N2O5S2.ClH/c1-3-24(19,20)11-10-23-15-4-6-16(7-5-15)25(21,22)18-14-8-9-17-13(2)12-14;/h4-7,13-14,17-18H,3,8-12H2,1-2H3;1H. The Morgan fingerprint density at radius 2 is 1.85 bits per heavy atom. The Morgan fingerprint density at radius 1 is 1.19 bits per heavy atom. The molecule has 2 unspecified atom stereocenters. The van der Waals surface area contributed by atoms with Gasteiger partial charge in [-0.25, -0.2) is 21.6 Å². The van der Waals surface area contributed by atoms with Crippen LogP contribution in [0.3, 0.4) is 0 Å². The molecule has 0 spiro atoms. The molecule has 7 nitrogen and oxygen atoms in total. The molecule has 0 saturated carbocycles. The SMILES string of the molecule is CCS(=O)(=O)CCOc1ccc(S(=O)(=O)NC2CCNC(C)C2)cc1.Cl. The first kappa shape index (κ1) is 23.2. The molecule has 10 heteroatoms. The number of rotatable bonds is 8. The average Bonchev–Trinajstić information content (AvgIpc) is 2.55. The van der Waals surface area contributed by atoms with E-state index in [0.29, 0.717) is 5.75 Å². The smallest absolute Gasteiger partial charge is 0.240 e. The molecule has 150 valence electrons. The van der Waals surface area contributed by atoms with Gasteiger partial charge in [-0.3, -0.25) is 0 Å². The lowest BCUT2D eigenvalue weighted by Gasteiger charge is -2.28. The van der Waals surface area contributed by atoms with Gasteiger partial charge in [-0.15, -0.1) is 12.4 Å². The van der Waals surface area contributed by atoms with E-state index in [1.165, 1.54) is 24.3 Å². The van der Waals surface area contributed by atoms with Gasteiger partial charge in [-0.1, -0.05) is 6.92 Å². The second-order valence-electron chi connectivity index (χ2n) is 6.25. The Morgan fingerprint density at radius 3 is 2.42 bits per heavy atom. The van der Waals surface area contributed by atoms with E-state index in [4.69, 9.17) is 4.74 Å². The van der Waals surface area contributed by atoms with Gasteiger partial charge in [-0.2, -0.15) is 0 Å². The second kappa shape index (κ2) is 9.89. The van der Waals surface area contributed by atoms with Crippen molar-refractivity contribution in [3.8, 4) is 5.75 Å². The zero-order valence-electron chi connectivity index (χ0n) is 15.0. The fourth-order valence-corrected chi connectivity index (χ4v) is 4.58. The molecule has 0 radical (unpaired) electrons. The van der Waals surface area contributed by atoms with E-state index in [1.54, 1.807) is 6.92 Å². The minimum Gasteiger partial charge on any atom is -0.493 e. The van der Waals surface area contributed by atoms with Crippen LogP contribution in [0.2, 0.25) is 0 Å². The summed E-state index contributed by atoms with van der Waals surface area (Å²) >= 11 is 0. The lowest BCUT2D eigenvalue weighted by Crippen LogP contribution is -2.46. The lowest BCUT2D eigenvalue weighted by atomic mass is 10.0. The van der Waals surface area contributed by atoms with Crippen LogP contribution in [0.1, 0.15) is 26.7 Å². The maximum absolute atomic E-state index is 12.5. The van der Waals surface area contributed by atoms with Crippen LogP contribution in [0.15, 0.2) is 29.2 Å². The predicted octanol–water partition coefficient (Wildman–Crippen LogP) is 1.34. The Labute approximate surface area is 162 Å². The van der Waals surface area contributed by atoms with Crippen molar-refractivity contribution in [2.24, 2.45) is 0 Å². The molecule has 0 aliphatic carbocycles. The summed E-state index contributed by atoms with van der Waals surface area (Å²) in [4.78, 5) is 0.173. The summed E-state index contributed by atoms with van der Waals surface area (Å²) in [6.45, 7) is 4.46. The molecule has 1 aromatic rings. The maximum atomic E-state index is 12.5. The number of piperidine rings is 1. The zero-order chi connectivity index (χ0) is 18.5. The summed E-state index contributed by atoms with van der Waals surface area (Å²) in [5.74, 6) is 0.466. The zero-order valence-corrected chi connectivity index (χ0v) is 17.4. The highest BCUT2D eigenvalue weighted by Gasteiger charge is 2.24. The first-order chi connectivity index (χ1) is 11.7. The summed E-state index contributed by atoms with van der Waals surface area (Å²) in [6, 6.07) is 6.23. The van der Waals surface area contributed by atoms with Crippen LogP contribution in [-0.4, -0.2) is 53.6 Å². The third-order valence-corrected chi connectivity index (χ3v) is 7.39. The predicted molar refractivity (Wildman–Crippen MR) is 104 cm³/mol. The highest BCUT2D eigenvalue weighted by atomic mass is 35.5. The molecule has 0 amide bonds. The van der Waals surface area contributed by atoms with Gasteiger partial charge in [0.05, 0.1) is 10.6 Å². The molecule has 26 heavy (non-hydrogen) atoms. The third kappa shape index (κ3) is 7.03. The molecule has 0 aromatic heterocycles. The van der Waals surface area contributed by atoms with Gasteiger partial charge < -0.3 is 10.1 Å². The van der Waals surface area contributed by atoms with Gasteiger partial charge in [-0.05, 0) is 50.6 Å². The number of ether oxygens (including phenoxy) is 1. The molecule has 1 saturated heterocycles. The molecule has 2 N–H and O–H groups in total. The number of sulfone groups is 1. The van der Waals surface area contributed by atoms with Crippen molar-refractivity contribution in [2.75, 3.05) is 24.7 Å². The van der Waals surface area contributed by atoms with E-state index in [9.17, 15) is 16.8 Å². The molecule has 1 aliphatic heterocycles. The minimum absolute atomic E-state index is 0. The van der Waals surface area contributed by atoms with Crippen molar-refractivity contribution in [3.63, 3.8) is 0 Å². The number of benzene rings is 1. The topological polar surface area (TPSA) is 102 Å². The van der Waals surface area contributed by atoms with Crippen LogP contribution in [0, 0.1) is 0 Å². The average molecular weight is 427 g/mol. The van der Waals surface area contributed by atoms with Crippen molar-refractivity contribution in [1.29, 1.82) is 0 Å². The van der Waals surface area contributed by atoms with E-state index >= 15 is 0 Å². The summed E-state index contributed by atoms with van der Waals surface area (Å²) in [5, 5.41) is 3.29. The molecule has 0 bridgehead atoms. The summed E-state index contributed by atoms with van der Waals surface area (Å²) in [5.41, 5.74) is 0. The van der Waals surface area contributed by atoms with Gasteiger partial charge in [0, 0.05) is 17.8 Å². The second-order valence-corrected chi connectivity index (χ2v) is 10.4. The van der Waals surface area contributed by atoms with Crippen LogP contribution < -0.4 is 14.8 Å². The molecule has 2 atom stereocenters. The van der Waals surface area contributed by atoms with Crippen LogP contribution in [0.5, 0.6) is 5.75 Å². The molecular weight excluding hydrogens is 400 g/mol. The van der Waals surface area contributed by atoms with Gasteiger partial charge >= 0.3 is 0 Å². The first-order valence-electron chi connectivity index (χ1n) is 8.41. The summed E-state index contributed by atoms with van der Waals surface area (Å²) in [7, 11) is -6.66. The fraction of sp³-hybridized carbons (Fsp3) is 0.625. The van der Waals surface area contributed by atoms with Crippen molar-refractivity contribution in [1.82, 2.24) is 10.0 Å². The van der Waals surface area contributed by atoms with Gasteiger partial charge in [0.15, 0.2) is 9.84 Å². The fourth-order valence-electron chi connectivity index (χ4n) is 2.67. The number of halogens is 1. The molecule has 1 heterocycles. The highest BCUT2D eigenvalue weighted by Crippen LogP contribution is 2.18. The normalized spacial score (nSPS) is 21.0. The number of sulfonamides is 1. The number of hydrogen-bond donors (Lipinski definition) is 2. The van der Waals surface area contributed by atoms with Crippen LogP contribution >= 0.6 is 12.4 Å². The monoisotopic (exact) mass is 426 g/mol. The molecule has 1 aliphatic rings. The summed E-state index contributed by atoms with van der Waals surface area (Å²) in [6.07, 6.45) is 1.52. The van der Waals surface area contributed by atoms with E-state index in [0.717, 1.165) is 19.4 Å². The Bertz CT molecular complexity index is 766. The van der Waals surface area contributed by atoms with Crippen LogP contribution in [0.4, 0.5) is 0 Å². The Balaban J connectivity index is 0.00000338. The largest absolute Gasteiger partial charge is 0.493 e. The third-order valence-electron chi connectivity index (χ3n) is 4.18. The Kier molecular flexibility index (Phi) is 8.81. The van der Waals surface area contributed by atoms with E-state index in [2.05, 4.69) is 10.0 Å². The molecule has 2 rings (SSSR count). The summed E-state index contributed by atoms with van der Waals surface area (Å²) < 4.78 is 55.8. The van der Waals surface area contributed by atoms with E-state index < -0.39 is 19.9 Å². The highest BCUT2D eigenvalue weighted by molar-refractivity contribution is 7.91. The first-order valence-corrected chi connectivity index (χ1v) is 11.7.